The number of sulfonamides is 1. The van der Waals surface area contributed by atoms with Crippen molar-refractivity contribution in [2.45, 2.75) is 17.9 Å². The first-order chi connectivity index (χ1) is 16.9. The molecule has 3 aromatic carbocycles. The molecule has 1 aliphatic rings. The van der Waals surface area contributed by atoms with Crippen LogP contribution in [-0.4, -0.2) is 31.8 Å². The summed E-state index contributed by atoms with van der Waals surface area (Å²) in [6, 6.07) is 16.7. The molecule has 2 N–H and O–H groups in total. The summed E-state index contributed by atoms with van der Waals surface area (Å²) in [4.78, 5) is 0.0749. The number of fused-ring (bicyclic) bond motifs is 1. The van der Waals surface area contributed by atoms with Crippen LogP contribution in [0.1, 0.15) is 18.9 Å². The molecule has 0 aliphatic carbocycles. The molecule has 35 heavy (non-hydrogen) atoms. The first-order valence-corrected chi connectivity index (χ1v) is 12.2. The van der Waals surface area contributed by atoms with Gasteiger partial charge in [0.25, 0.3) is 10.0 Å². The van der Waals surface area contributed by atoms with Crippen LogP contribution in [0.25, 0.3) is 11.5 Å². The zero-order valence-corrected chi connectivity index (χ0v) is 19.4. The number of rotatable bonds is 7. The van der Waals surface area contributed by atoms with Crippen molar-refractivity contribution < 1.29 is 26.7 Å². The van der Waals surface area contributed by atoms with Crippen LogP contribution in [0.3, 0.4) is 0 Å². The predicted molar refractivity (Wildman–Crippen MR) is 126 cm³/mol. The smallest absolute Gasteiger partial charge is 0.262 e. The molecule has 9 nitrogen and oxygen atoms in total. The van der Waals surface area contributed by atoms with Crippen LogP contribution in [0.5, 0.6) is 11.5 Å². The molecule has 1 aliphatic heterocycles. The van der Waals surface area contributed by atoms with Gasteiger partial charge in [-0.2, -0.15) is 0 Å². The van der Waals surface area contributed by atoms with Crippen LogP contribution in [0, 0.1) is 5.82 Å². The van der Waals surface area contributed by atoms with Gasteiger partial charge in [-0.1, -0.05) is 0 Å². The van der Waals surface area contributed by atoms with E-state index >= 15 is 0 Å². The maximum atomic E-state index is 13.1. The largest absolute Gasteiger partial charge is 0.486 e. The van der Waals surface area contributed by atoms with E-state index in [1.165, 1.54) is 24.3 Å². The van der Waals surface area contributed by atoms with Gasteiger partial charge in [-0.15, -0.1) is 10.2 Å². The molecule has 180 valence electrons. The molecule has 0 saturated heterocycles. The number of anilines is 2. The highest BCUT2D eigenvalue weighted by Crippen LogP contribution is 2.33. The molecule has 5 rings (SSSR count). The number of nitrogens with zero attached hydrogens (tertiary/aromatic N) is 2. The van der Waals surface area contributed by atoms with E-state index in [9.17, 15) is 12.8 Å². The van der Waals surface area contributed by atoms with Gasteiger partial charge in [0.05, 0.1) is 4.90 Å². The minimum atomic E-state index is -3.81. The van der Waals surface area contributed by atoms with Crippen molar-refractivity contribution in [3.05, 3.63) is 78.4 Å². The zero-order chi connectivity index (χ0) is 24.4. The second-order valence-electron chi connectivity index (χ2n) is 7.81. The van der Waals surface area contributed by atoms with Gasteiger partial charge in [-0.25, -0.2) is 12.8 Å². The van der Waals surface area contributed by atoms with Crippen molar-refractivity contribution in [3.8, 4) is 23.0 Å². The average Bonchev–Trinajstić information content (AvgIpc) is 3.36. The minimum Gasteiger partial charge on any atom is -0.486 e. The molecule has 4 aromatic rings. The Labute approximate surface area is 201 Å². The molecule has 0 amide bonds. The van der Waals surface area contributed by atoms with Crippen LogP contribution in [0.4, 0.5) is 15.8 Å². The molecule has 0 spiro atoms. The Hall–Kier alpha value is -4.12. The fourth-order valence-corrected chi connectivity index (χ4v) is 4.54. The van der Waals surface area contributed by atoms with Crippen molar-refractivity contribution in [1.82, 2.24) is 10.2 Å². The van der Waals surface area contributed by atoms with E-state index in [0.29, 0.717) is 41.9 Å². The number of aromatic nitrogens is 2. The number of nitrogens with one attached hydrogen (secondary N) is 2. The van der Waals surface area contributed by atoms with Gasteiger partial charge < -0.3 is 19.2 Å². The van der Waals surface area contributed by atoms with Gasteiger partial charge in [0.1, 0.15) is 25.1 Å². The highest BCUT2D eigenvalue weighted by molar-refractivity contribution is 7.92. The minimum absolute atomic E-state index is 0.0749. The van der Waals surface area contributed by atoms with Gasteiger partial charge in [-0.05, 0) is 67.6 Å². The molecule has 2 heterocycles. The van der Waals surface area contributed by atoms with Crippen molar-refractivity contribution in [1.29, 1.82) is 0 Å². The third-order valence-electron chi connectivity index (χ3n) is 5.25. The molecule has 0 unspecified atom stereocenters. The molecule has 1 atom stereocenters. The third-order valence-corrected chi connectivity index (χ3v) is 6.63. The zero-order valence-electron chi connectivity index (χ0n) is 18.6. The first kappa shape index (κ1) is 22.7. The molecule has 1 aromatic heterocycles. The van der Waals surface area contributed by atoms with E-state index in [2.05, 4.69) is 20.2 Å². The summed E-state index contributed by atoms with van der Waals surface area (Å²) >= 11 is 0. The maximum Gasteiger partial charge on any atom is 0.262 e. The van der Waals surface area contributed by atoms with Gasteiger partial charge in [0.2, 0.25) is 11.8 Å². The van der Waals surface area contributed by atoms with Crippen LogP contribution < -0.4 is 19.5 Å². The Bertz CT molecular complexity index is 1440. The highest BCUT2D eigenvalue weighted by Gasteiger charge is 2.20. The molecular weight excluding hydrogens is 475 g/mol. The second-order valence-corrected chi connectivity index (χ2v) is 9.49. The van der Waals surface area contributed by atoms with E-state index in [-0.39, 0.29) is 22.6 Å². The standard InChI is InChI=1S/C24H21FN4O5S/c1-15(23-27-28-24(34-23)16-2-4-17(25)5-3-16)26-18-6-8-19(9-7-18)29-35(30,31)20-10-11-21-22(14-20)33-13-12-32-21/h2-11,14-15,26,29H,12-13H2,1H3/t15-/m0/s1. The Morgan fingerprint density at radius 2 is 1.57 bits per heavy atom. The fraction of sp³-hybridized carbons (Fsp3) is 0.167. The number of hydrogen-bond acceptors (Lipinski definition) is 8. The van der Waals surface area contributed by atoms with Gasteiger partial charge >= 0.3 is 0 Å². The Balaban J connectivity index is 1.24. The Kier molecular flexibility index (Phi) is 6.00. The Morgan fingerprint density at radius 1 is 0.886 bits per heavy atom. The summed E-state index contributed by atoms with van der Waals surface area (Å²) in [5.74, 6) is 1.22. The summed E-state index contributed by atoms with van der Waals surface area (Å²) in [7, 11) is -3.81. The highest BCUT2D eigenvalue weighted by atomic mass is 32.2. The monoisotopic (exact) mass is 496 g/mol. The van der Waals surface area contributed by atoms with Crippen LogP contribution >= 0.6 is 0 Å². The molecule has 0 fully saturated rings. The third kappa shape index (κ3) is 5.04. The quantitative estimate of drug-likeness (QED) is 0.381. The van der Waals surface area contributed by atoms with Crippen LogP contribution in [-0.2, 0) is 10.0 Å². The first-order valence-electron chi connectivity index (χ1n) is 10.8. The summed E-state index contributed by atoms with van der Waals surface area (Å²) in [6.45, 7) is 2.65. The second kappa shape index (κ2) is 9.26. The topological polar surface area (TPSA) is 116 Å². The number of ether oxygens (including phenoxy) is 2. The lowest BCUT2D eigenvalue weighted by molar-refractivity contribution is 0.171. The van der Waals surface area contributed by atoms with Gasteiger partial charge in [0.15, 0.2) is 11.5 Å². The maximum absolute atomic E-state index is 13.1. The summed E-state index contributed by atoms with van der Waals surface area (Å²) in [6.07, 6.45) is 0. The van der Waals surface area contributed by atoms with E-state index in [1.807, 2.05) is 6.92 Å². The number of benzene rings is 3. The lowest BCUT2D eigenvalue weighted by Crippen LogP contribution is -2.17. The molecule has 0 bridgehead atoms. The summed E-state index contributed by atoms with van der Waals surface area (Å²) in [5.41, 5.74) is 1.74. The average molecular weight is 497 g/mol. The van der Waals surface area contributed by atoms with Gasteiger partial charge in [0, 0.05) is 23.0 Å². The Morgan fingerprint density at radius 3 is 2.31 bits per heavy atom. The fourth-order valence-electron chi connectivity index (χ4n) is 3.47. The van der Waals surface area contributed by atoms with Crippen LogP contribution in [0.2, 0.25) is 0 Å². The van der Waals surface area contributed by atoms with E-state index < -0.39 is 10.0 Å². The molecule has 0 radical (unpaired) electrons. The number of hydrogen-bond donors (Lipinski definition) is 2. The SMILES string of the molecule is C[C@H](Nc1ccc(NS(=O)(=O)c2ccc3c(c2)OCCO3)cc1)c1nnc(-c2ccc(F)cc2)o1. The number of halogens is 1. The molecule has 11 heteroatoms. The van der Waals surface area contributed by atoms with Crippen molar-refractivity contribution in [2.75, 3.05) is 23.3 Å². The normalized spacial score (nSPS) is 13.8. The van der Waals surface area contributed by atoms with E-state index in [4.69, 9.17) is 13.9 Å². The lowest BCUT2D eigenvalue weighted by atomic mass is 10.2. The van der Waals surface area contributed by atoms with Crippen LogP contribution in [0.15, 0.2) is 76.0 Å². The van der Waals surface area contributed by atoms with E-state index in [1.54, 1.807) is 42.5 Å². The van der Waals surface area contributed by atoms with E-state index in [0.717, 1.165) is 5.69 Å². The molecular formula is C24H21FN4O5S. The van der Waals surface area contributed by atoms with Crippen molar-refractivity contribution in [3.63, 3.8) is 0 Å². The summed E-state index contributed by atoms with van der Waals surface area (Å²) in [5, 5.41) is 11.3. The molecule has 0 saturated carbocycles. The summed E-state index contributed by atoms with van der Waals surface area (Å²) < 4.78 is 57.9. The van der Waals surface area contributed by atoms with Crippen molar-refractivity contribution >= 4 is 21.4 Å². The lowest BCUT2D eigenvalue weighted by Gasteiger charge is -2.19. The van der Waals surface area contributed by atoms with Gasteiger partial charge in [-0.3, -0.25) is 4.72 Å². The van der Waals surface area contributed by atoms with Crippen molar-refractivity contribution in [2.24, 2.45) is 0 Å². The predicted octanol–water partition coefficient (Wildman–Crippen LogP) is 4.62.